The molecule has 2 N–H and O–H groups in total. The number of nitrogens with one attached hydrogen (secondary N) is 1. The third-order valence-electron chi connectivity index (χ3n) is 1.94. The Hall–Kier alpha value is -1.11. The highest BCUT2D eigenvalue weighted by atomic mass is 32.2. The highest BCUT2D eigenvalue weighted by Crippen LogP contribution is 2.16. The maximum Gasteiger partial charge on any atom is 0.230 e. The maximum atomic E-state index is 11.4. The summed E-state index contributed by atoms with van der Waals surface area (Å²) in [4.78, 5) is 11.4. The van der Waals surface area contributed by atoms with E-state index in [1.54, 1.807) is 13.8 Å². The molecule has 0 radical (unpaired) electrons. The molecule has 0 aliphatic rings. The molecular weight excluding hydrogens is 220 g/mol. The molecule has 0 heterocycles. The third kappa shape index (κ3) is 3.50. The van der Waals surface area contributed by atoms with Crippen LogP contribution in [-0.4, -0.2) is 37.9 Å². The van der Waals surface area contributed by atoms with Crippen LogP contribution in [-0.2, 0) is 14.6 Å². The number of hydrogen-bond acceptors (Lipinski definition) is 5. The van der Waals surface area contributed by atoms with Crippen LogP contribution in [0, 0.1) is 11.8 Å². The van der Waals surface area contributed by atoms with Crippen LogP contribution in [0.25, 0.3) is 0 Å². The second-order valence-electron chi connectivity index (χ2n) is 3.55. The molecule has 0 aliphatic carbocycles. The van der Waals surface area contributed by atoms with Crippen molar-refractivity contribution in [3.63, 3.8) is 0 Å². The zero-order valence-corrected chi connectivity index (χ0v) is 10.00. The smallest absolute Gasteiger partial charge is 0.230 e. The quantitative estimate of drug-likeness (QED) is 0.308. The first kappa shape index (κ1) is 13.9. The Bertz CT molecular complexity index is 359. The van der Waals surface area contributed by atoms with Gasteiger partial charge in [-0.15, -0.1) is 0 Å². The van der Waals surface area contributed by atoms with E-state index in [9.17, 15) is 13.2 Å². The lowest BCUT2D eigenvalue weighted by molar-refractivity contribution is -0.123. The standard InChI is InChI=1S/C8H16N2O4S/c1-5(2)6(7(11)9-3)8(10-12)15(4,13)14/h5-6,12H,1-4H3,(H,9,11)/b10-8-. The topological polar surface area (TPSA) is 95.8 Å². The van der Waals surface area contributed by atoms with Crippen molar-refractivity contribution in [3.05, 3.63) is 0 Å². The molecule has 0 aliphatic heterocycles. The fraction of sp³-hybridized carbons (Fsp3) is 0.750. The van der Waals surface area contributed by atoms with E-state index in [0.717, 1.165) is 6.26 Å². The molecule has 7 heteroatoms. The normalized spacial score (nSPS) is 15.1. The molecular formula is C8H16N2O4S. The number of oxime groups is 1. The van der Waals surface area contributed by atoms with Gasteiger partial charge in [0.1, 0.15) is 0 Å². The molecule has 0 bridgehead atoms. The van der Waals surface area contributed by atoms with E-state index in [0.29, 0.717) is 0 Å². The van der Waals surface area contributed by atoms with Crippen molar-refractivity contribution in [2.75, 3.05) is 13.3 Å². The van der Waals surface area contributed by atoms with E-state index < -0.39 is 26.7 Å². The molecule has 0 saturated carbocycles. The largest absolute Gasteiger partial charge is 0.410 e. The Kier molecular flexibility index (Phi) is 4.73. The monoisotopic (exact) mass is 236 g/mol. The van der Waals surface area contributed by atoms with E-state index in [1.807, 2.05) is 0 Å². The number of carbonyl (C=O) groups excluding carboxylic acids is 1. The summed E-state index contributed by atoms with van der Waals surface area (Å²) in [6.07, 6.45) is 0.903. The van der Waals surface area contributed by atoms with Gasteiger partial charge in [-0.25, -0.2) is 8.42 Å². The van der Waals surface area contributed by atoms with E-state index in [2.05, 4.69) is 10.5 Å². The van der Waals surface area contributed by atoms with Gasteiger partial charge >= 0.3 is 0 Å². The Morgan fingerprint density at radius 2 is 1.87 bits per heavy atom. The van der Waals surface area contributed by atoms with Crippen LogP contribution in [0.3, 0.4) is 0 Å². The molecule has 15 heavy (non-hydrogen) atoms. The molecule has 0 aromatic rings. The van der Waals surface area contributed by atoms with Gasteiger partial charge in [-0.05, 0) is 5.92 Å². The Morgan fingerprint density at radius 1 is 1.40 bits per heavy atom. The molecule has 0 fully saturated rings. The van der Waals surface area contributed by atoms with Gasteiger partial charge in [-0.1, -0.05) is 19.0 Å². The van der Waals surface area contributed by atoms with E-state index in [4.69, 9.17) is 5.21 Å². The van der Waals surface area contributed by atoms with Crippen LogP contribution in [0.15, 0.2) is 5.16 Å². The summed E-state index contributed by atoms with van der Waals surface area (Å²) in [6, 6.07) is 0. The Labute approximate surface area is 89.3 Å². The van der Waals surface area contributed by atoms with Crippen molar-refractivity contribution in [3.8, 4) is 0 Å². The maximum absolute atomic E-state index is 11.4. The van der Waals surface area contributed by atoms with Crippen molar-refractivity contribution in [1.82, 2.24) is 5.32 Å². The molecule has 1 atom stereocenters. The van der Waals surface area contributed by atoms with Crippen LogP contribution >= 0.6 is 0 Å². The first-order valence-electron chi connectivity index (χ1n) is 4.39. The van der Waals surface area contributed by atoms with Crippen LogP contribution < -0.4 is 5.32 Å². The molecule has 6 nitrogen and oxygen atoms in total. The highest BCUT2D eigenvalue weighted by molar-refractivity contribution is 8.05. The number of rotatable bonds is 3. The molecule has 0 spiro atoms. The van der Waals surface area contributed by atoms with E-state index >= 15 is 0 Å². The zero-order chi connectivity index (χ0) is 12.2. The Morgan fingerprint density at radius 3 is 2.07 bits per heavy atom. The third-order valence-corrected chi connectivity index (χ3v) is 3.04. The summed E-state index contributed by atoms with van der Waals surface area (Å²) in [6.45, 7) is 3.35. The second-order valence-corrected chi connectivity index (χ2v) is 5.51. The Balaban J connectivity index is 5.35. The van der Waals surface area contributed by atoms with Crippen molar-refractivity contribution in [2.45, 2.75) is 13.8 Å². The summed E-state index contributed by atoms with van der Waals surface area (Å²) < 4.78 is 22.5. The van der Waals surface area contributed by atoms with Crippen LogP contribution in [0.4, 0.5) is 0 Å². The second kappa shape index (κ2) is 5.11. The molecule has 1 unspecified atom stereocenters. The molecule has 0 aromatic heterocycles. The van der Waals surface area contributed by atoms with Crippen LogP contribution in [0.5, 0.6) is 0 Å². The lowest BCUT2D eigenvalue weighted by atomic mass is 9.96. The van der Waals surface area contributed by atoms with E-state index in [-0.39, 0.29) is 5.92 Å². The van der Waals surface area contributed by atoms with Gasteiger partial charge < -0.3 is 10.5 Å². The van der Waals surface area contributed by atoms with E-state index in [1.165, 1.54) is 7.05 Å². The molecule has 1 amide bonds. The molecule has 0 aromatic carbocycles. The number of amides is 1. The number of sulfone groups is 1. The number of nitrogens with zero attached hydrogens (tertiary/aromatic N) is 1. The number of hydrogen-bond donors (Lipinski definition) is 2. The van der Waals surface area contributed by atoms with Crippen molar-refractivity contribution >= 4 is 20.8 Å². The summed E-state index contributed by atoms with van der Waals surface area (Å²) in [5, 5.41) is 13.2. The van der Waals surface area contributed by atoms with Gasteiger partial charge in [0.2, 0.25) is 5.91 Å². The van der Waals surface area contributed by atoms with Gasteiger partial charge in [0.05, 0.1) is 5.92 Å². The van der Waals surface area contributed by atoms with Crippen molar-refractivity contribution < 1.29 is 18.4 Å². The lowest BCUT2D eigenvalue weighted by Gasteiger charge is -2.18. The molecule has 88 valence electrons. The van der Waals surface area contributed by atoms with Gasteiger partial charge in [-0.3, -0.25) is 4.79 Å². The van der Waals surface area contributed by atoms with Gasteiger partial charge in [-0.2, -0.15) is 0 Å². The molecule has 0 saturated heterocycles. The first-order chi connectivity index (χ1) is 6.75. The fourth-order valence-electron chi connectivity index (χ4n) is 1.22. The summed E-state index contributed by atoms with van der Waals surface area (Å²) >= 11 is 0. The van der Waals surface area contributed by atoms with Crippen molar-refractivity contribution in [2.24, 2.45) is 17.0 Å². The fourth-order valence-corrected chi connectivity index (χ4v) is 2.21. The minimum atomic E-state index is -3.68. The SMILES string of the molecule is CNC(=O)C(/C(=N/O)S(C)(=O)=O)C(C)C. The zero-order valence-electron chi connectivity index (χ0n) is 9.18. The van der Waals surface area contributed by atoms with Crippen LogP contribution in [0.1, 0.15) is 13.8 Å². The van der Waals surface area contributed by atoms with Gasteiger partial charge in [0.15, 0.2) is 14.9 Å². The molecule has 0 rings (SSSR count). The summed E-state index contributed by atoms with van der Waals surface area (Å²) in [5.41, 5.74) is 0. The predicted octanol–water partition coefficient (Wildman–Crippen LogP) is -0.163. The van der Waals surface area contributed by atoms with Gasteiger partial charge in [0.25, 0.3) is 0 Å². The van der Waals surface area contributed by atoms with Crippen molar-refractivity contribution in [1.29, 1.82) is 0 Å². The minimum absolute atomic E-state index is 0.273. The summed E-state index contributed by atoms with van der Waals surface area (Å²) in [7, 11) is -2.28. The average Bonchev–Trinajstić information content (AvgIpc) is 2.09. The summed E-state index contributed by atoms with van der Waals surface area (Å²) in [5.74, 6) is -1.72. The van der Waals surface area contributed by atoms with Crippen LogP contribution in [0.2, 0.25) is 0 Å². The highest BCUT2D eigenvalue weighted by Gasteiger charge is 2.33. The number of carbonyl (C=O) groups is 1. The average molecular weight is 236 g/mol. The minimum Gasteiger partial charge on any atom is -0.410 e. The van der Waals surface area contributed by atoms with Gasteiger partial charge in [0, 0.05) is 13.3 Å². The predicted molar refractivity (Wildman–Crippen MR) is 56.5 cm³/mol. The first-order valence-corrected chi connectivity index (χ1v) is 6.28. The lowest BCUT2D eigenvalue weighted by Crippen LogP contribution is -2.39.